The molecule has 0 aliphatic carbocycles. The summed E-state index contributed by atoms with van der Waals surface area (Å²) in [6.07, 6.45) is 1.81. The zero-order chi connectivity index (χ0) is 20.9. The standard InChI is InChI=1S/C25H22N2O2S/c1-3-16-27-21-15-14-20(29-2)17-22(21)30-25(27)26-24(28)23(18-10-6-4-7-11-18)19-12-8-5-9-13-19/h3-15,17,23H,1,16H2,2H3. The molecular formula is C25H22N2O2S. The first-order valence-corrected chi connectivity index (χ1v) is 10.5. The molecule has 4 aromatic rings. The lowest BCUT2D eigenvalue weighted by Gasteiger charge is -2.14. The highest BCUT2D eigenvalue weighted by Gasteiger charge is 2.22. The van der Waals surface area contributed by atoms with Crippen molar-refractivity contribution < 1.29 is 9.53 Å². The van der Waals surface area contributed by atoms with E-state index < -0.39 is 5.92 Å². The van der Waals surface area contributed by atoms with Crippen molar-refractivity contribution in [3.63, 3.8) is 0 Å². The predicted molar refractivity (Wildman–Crippen MR) is 122 cm³/mol. The number of rotatable bonds is 6. The lowest BCUT2D eigenvalue weighted by atomic mass is 9.91. The zero-order valence-corrected chi connectivity index (χ0v) is 17.5. The van der Waals surface area contributed by atoms with Crippen LogP contribution < -0.4 is 9.54 Å². The molecule has 0 N–H and O–H groups in total. The van der Waals surface area contributed by atoms with E-state index in [2.05, 4.69) is 11.6 Å². The molecule has 0 radical (unpaired) electrons. The van der Waals surface area contributed by atoms with Gasteiger partial charge in [-0.25, -0.2) is 0 Å². The number of hydrogen-bond donors (Lipinski definition) is 0. The Morgan fingerprint density at radius 3 is 2.27 bits per heavy atom. The maximum absolute atomic E-state index is 13.4. The summed E-state index contributed by atoms with van der Waals surface area (Å²) in [5.41, 5.74) is 2.86. The Hall–Kier alpha value is -3.44. The van der Waals surface area contributed by atoms with Gasteiger partial charge in [0.25, 0.3) is 5.91 Å². The van der Waals surface area contributed by atoms with Gasteiger partial charge < -0.3 is 9.30 Å². The predicted octanol–water partition coefficient (Wildman–Crippen LogP) is 5.16. The normalized spacial score (nSPS) is 11.7. The van der Waals surface area contributed by atoms with Gasteiger partial charge in [-0.15, -0.1) is 6.58 Å². The van der Waals surface area contributed by atoms with E-state index in [1.54, 1.807) is 7.11 Å². The van der Waals surface area contributed by atoms with Crippen LogP contribution in [0.15, 0.2) is 96.5 Å². The number of ether oxygens (including phenoxy) is 1. The topological polar surface area (TPSA) is 43.6 Å². The molecule has 0 fully saturated rings. The number of aromatic nitrogens is 1. The minimum absolute atomic E-state index is 0.191. The third-order valence-corrected chi connectivity index (χ3v) is 5.96. The molecule has 4 nitrogen and oxygen atoms in total. The number of amides is 1. The summed E-state index contributed by atoms with van der Waals surface area (Å²) in [5, 5.41) is 0. The Morgan fingerprint density at radius 2 is 1.70 bits per heavy atom. The van der Waals surface area contributed by atoms with Gasteiger partial charge in [-0.1, -0.05) is 78.1 Å². The van der Waals surface area contributed by atoms with Crippen LogP contribution in [0.2, 0.25) is 0 Å². The van der Waals surface area contributed by atoms with E-state index in [-0.39, 0.29) is 5.91 Å². The second-order valence-corrected chi connectivity index (χ2v) is 7.83. The monoisotopic (exact) mass is 414 g/mol. The maximum Gasteiger partial charge on any atom is 0.260 e. The van der Waals surface area contributed by atoms with Crippen LogP contribution in [0.4, 0.5) is 0 Å². The summed E-state index contributed by atoms with van der Waals surface area (Å²) >= 11 is 1.48. The fourth-order valence-corrected chi connectivity index (χ4v) is 4.57. The first-order chi connectivity index (χ1) is 14.7. The molecule has 5 heteroatoms. The maximum atomic E-state index is 13.4. The zero-order valence-electron chi connectivity index (χ0n) is 16.7. The number of methoxy groups -OCH3 is 1. The van der Waals surface area contributed by atoms with Crippen LogP contribution in [0.1, 0.15) is 17.0 Å². The molecule has 30 heavy (non-hydrogen) atoms. The highest BCUT2D eigenvalue weighted by atomic mass is 32.1. The van der Waals surface area contributed by atoms with E-state index in [9.17, 15) is 4.79 Å². The van der Waals surface area contributed by atoms with E-state index >= 15 is 0 Å². The van der Waals surface area contributed by atoms with Crippen LogP contribution in [0.3, 0.4) is 0 Å². The average Bonchev–Trinajstić information content (AvgIpc) is 3.11. The summed E-state index contributed by atoms with van der Waals surface area (Å²) in [6, 6.07) is 25.4. The van der Waals surface area contributed by atoms with E-state index in [1.165, 1.54) is 11.3 Å². The second-order valence-electron chi connectivity index (χ2n) is 6.82. The van der Waals surface area contributed by atoms with Gasteiger partial charge >= 0.3 is 0 Å². The Balaban J connectivity index is 1.86. The Bertz CT molecular complexity index is 1200. The molecule has 0 aliphatic rings. The van der Waals surface area contributed by atoms with Crippen molar-refractivity contribution >= 4 is 27.5 Å². The molecule has 150 valence electrons. The lowest BCUT2D eigenvalue weighted by Crippen LogP contribution is -2.20. The first kappa shape index (κ1) is 19.9. The van der Waals surface area contributed by atoms with Gasteiger partial charge in [-0.3, -0.25) is 4.79 Å². The van der Waals surface area contributed by atoms with Gasteiger partial charge in [-0.05, 0) is 29.3 Å². The number of hydrogen-bond acceptors (Lipinski definition) is 3. The SMILES string of the molecule is C=CCn1c(=NC(=O)C(c2ccccc2)c2ccccc2)sc2cc(OC)ccc21. The largest absolute Gasteiger partial charge is 0.497 e. The molecule has 0 saturated carbocycles. The van der Waals surface area contributed by atoms with Gasteiger partial charge in [0.05, 0.1) is 23.2 Å². The number of thiazole rings is 1. The van der Waals surface area contributed by atoms with Crippen LogP contribution in [0.25, 0.3) is 10.2 Å². The van der Waals surface area contributed by atoms with Crippen molar-refractivity contribution in [1.82, 2.24) is 4.57 Å². The van der Waals surface area contributed by atoms with Crippen LogP contribution in [-0.4, -0.2) is 17.6 Å². The molecule has 1 heterocycles. The van der Waals surface area contributed by atoms with E-state index in [0.29, 0.717) is 11.3 Å². The van der Waals surface area contributed by atoms with Crippen molar-refractivity contribution in [2.45, 2.75) is 12.5 Å². The molecule has 4 rings (SSSR count). The van der Waals surface area contributed by atoms with Crippen molar-refractivity contribution in [3.8, 4) is 5.75 Å². The number of fused-ring (bicyclic) bond motifs is 1. The second kappa shape index (κ2) is 8.93. The minimum atomic E-state index is -0.454. The van der Waals surface area contributed by atoms with Gasteiger partial charge in [-0.2, -0.15) is 4.99 Å². The van der Waals surface area contributed by atoms with Gasteiger partial charge in [0.1, 0.15) is 5.75 Å². The summed E-state index contributed by atoms with van der Waals surface area (Å²) in [5.74, 6) is 0.131. The average molecular weight is 415 g/mol. The Morgan fingerprint density at radius 1 is 1.07 bits per heavy atom. The van der Waals surface area contributed by atoms with E-state index in [0.717, 1.165) is 27.1 Å². The van der Waals surface area contributed by atoms with Crippen molar-refractivity contribution in [2.75, 3.05) is 7.11 Å². The van der Waals surface area contributed by atoms with Crippen molar-refractivity contribution in [2.24, 2.45) is 4.99 Å². The molecule has 3 aromatic carbocycles. The summed E-state index contributed by atoms with van der Waals surface area (Å²) in [6.45, 7) is 4.43. The number of nitrogens with zero attached hydrogens (tertiary/aromatic N) is 2. The van der Waals surface area contributed by atoms with Crippen molar-refractivity contribution in [1.29, 1.82) is 0 Å². The molecule has 0 unspecified atom stereocenters. The smallest absolute Gasteiger partial charge is 0.260 e. The number of benzene rings is 3. The van der Waals surface area contributed by atoms with Gasteiger partial charge in [0.15, 0.2) is 4.80 Å². The lowest BCUT2D eigenvalue weighted by molar-refractivity contribution is -0.118. The molecule has 0 spiro atoms. The fraction of sp³-hybridized carbons (Fsp3) is 0.120. The molecule has 0 aliphatic heterocycles. The van der Waals surface area contributed by atoms with Crippen LogP contribution in [0, 0.1) is 0 Å². The van der Waals surface area contributed by atoms with Gasteiger partial charge in [0, 0.05) is 6.54 Å². The molecular weight excluding hydrogens is 392 g/mol. The third-order valence-electron chi connectivity index (χ3n) is 4.92. The Labute approximate surface area is 179 Å². The number of carbonyl (C=O) groups excluding carboxylic acids is 1. The van der Waals surface area contributed by atoms with Crippen LogP contribution >= 0.6 is 11.3 Å². The number of carbonyl (C=O) groups is 1. The third kappa shape index (κ3) is 3.98. The molecule has 1 aromatic heterocycles. The molecule has 1 amide bonds. The Kier molecular flexibility index (Phi) is 5.91. The van der Waals surface area contributed by atoms with Crippen LogP contribution in [0.5, 0.6) is 5.75 Å². The van der Waals surface area contributed by atoms with Crippen LogP contribution in [-0.2, 0) is 11.3 Å². The first-order valence-electron chi connectivity index (χ1n) is 9.68. The van der Waals surface area contributed by atoms with E-state index in [1.807, 2.05) is 89.5 Å². The summed E-state index contributed by atoms with van der Waals surface area (Å²) < 4.78 is 8.37. The molecule has 0 atom stereocenters. The van der Waals surface area contributed by atoms with E-state index in [4.69, 9.17) is 4.74 Å². The fourth-order valence-electron chi connectivity index (χ4n) is 3.50. The summed E-state index contributed by atoms with van der Waals surface area (Å²) in [7, 11) is 1.64. The molecule has 0 bridgehead atoms. The van der Waals surface area contributed by atoms with Crippen molar-refractivity contribution in [3.05, 3.63) is 107 Å². The summed E-state index contributed by atoms with van der Waals surface area (Å²) in [4.78, 5) is 18.7. The minimum Gasteiger partial charge on any atom is -0.497 e. The van der Waals surface area contributed by atoms with Gasteiger partial charge in [0.2, 0.25) is 0 Å². The highest BCUT2D eigenvalue weighted by Crippen LogP contribution is 2.27. The number of allylic oxidation sites excluding steroid dienone is 1. The quantitative estimate of drug-likeness (QED) is 0.409. The molecule has 0 saturated heterocycles. The highest BCUT2D eigenvalue weighted by molar-refractivity contribution is 7.16.